The second kappa shape index (κ2) is 5.89. The van der Waals surface area contributed by atoms with Crippen molar-refractivity contribution in [2.45, 2.75) is 19.9 Å². The normalized spacial score (nSPS) is 10.8. The Balaban J connectivity index is 1.78. The van der Waals surface area contributed by atoms with Gasteiger partial charge in [-0.3, -0.25) is 4.79 Å². The fraction of sp³-hybridized carbons (Fsp3) is 0.176. The average molecular weight is 296 g/mol. The van der Waals surface area contributed by atoms with Gasteiger partial charge in [0.05, 0.1) is 5.39 Å². The van der Waals surface area contributed by atoms with Crippen LogP contribution in [0.4, 0.5) is 4.79 Å². The van der Waals surface area contributed by atoms with E-state index in [9.17, 15) is 9.59 Å². The third-order valence-electron chi connectivity index (χ3n) is 3.52. The van der Waals surface area contributed by atoms with Crippen LogP contribution in [0.1, 0.15) is 18.1 Å². The summed E-state index contributed by atoms with van der Waals surface area (Å²) < 4.78 is 6.04. The molecule has 112 valence electrons. The molecule has 0 fully saturated rings. The Kier molecular flexibility index (Phi) is 3.78. The number of carbonyl (C=O) groups excluding carboxylic acids is 1. The lowest BCUT2D eigenvalue weighted by atomic mass is 10.1. The van der Waals surface area contributed by atoms with Crippen molar-refractivity contribution in [3.05, 3.63) is 70.0 Å². The van der Waals surface area contributed by atoms with Crippen LogP contribution in [0.25, 0.3) is 11.0 Å². The summed E-state index contributed by atoms with van der Waals surface area (Å²) in [5.74, 6) is 0. The summed E-state index contributed by atoms with van der Waals surface area (Å²) in [6.07, 6.45) is 0.935. The molecule has 22 heavy (non-hydrogen) atoms. The molecule has 0 spiro atoms. The predicted molar refractivity (Wildman–Crippen MR) is 83.9 cm³/mol. The van der Waals surface area contributed by atoms with Crippen molar-refractivity contribution in [3.8, 4) is 0 Å². The first kappa shape index (κ1) is 14.1. The molecule has 0 saturated heterocycles. The van der Waals surface area contributed by atoms with Crippen LogP contribution in [0.3, 0.4) is 0 Å². The second-order valence-corrected chi connectivity index (χ2v) is 5.02. The standard InChI is InChI=1S/C17H16N2O3/c1-2-12-6-5-7-13(10-12)11-18-17(21)19-16(20)14-8-3-4-9-15(14)22-19/h3-10H,2,11H2,1H3,(H,18,21). The lowest BCUT2D eigenvalue weighted by Crippen LogP contribution is -2.33. The molecule has 1 N–H and O–H groups in total. The summed E-state index contributed by atoms with van der Waals surface area (Å²) in [6, 6.07) is 14.2. The highest BCUT2D eigenvalue weighted by Crippen LogP contribution is 2.09. The molecule has 1 heterocycles. The Morgan fingerprint density at radius 1 is 1.14 bits per heavy atom. The highest BCUT2D eigenvalue weighted by molar-refractivity contribution is 5.82. The summed E-state index contributed by atoms with van der Waals surface area (Å²) in [4.78, 5) is 24.2. The molecular weight excluding hydrogens is 280 g/mol. The Morgan fingerprint density at radius 2 is 1.91 bits per heavy atom. The number of nitrogens with zero attached hydrogens (tertiary/aromatic N) is 1. The number of carbonyl (C=O) groups is 1. The fourth-order valence-corrected chi connectivity index (χ4v) is 2.31. The van der Waals surface area contributed by atoms with Gasteiger partial charge in [0.2, 0.25) is 0 Å². The molecule has 0 aliphatic rings. The van der Waals surface area contributed by atoms with Crippen LogP contribution < -0.4 is 10.9 Å². The zero-order valence-electron chi connectivity index (χ0n) is 12.2. The largest absolute Gasteiger partial charge is 0.366 e. The molecule has 5 heteroatoms. The van der Waals surface area contributed by atoms with Crippen LogP contribution in [-0.2, 0) is 13.0 Å². The minimum absolute atomic E-state index is 0.343. The van der Waals surface area contributed by atoms with Gasteiger partial charge < -0.3 is 9.84 Å². The molecule has 0 radical (unpaired) electrons. The molecular formula is C17H16N2O3. The number of hydrogen-bond donors (Lipinski definition) is 1. The molecule has 1 amide bonds. The maximum atomic E-state index is 12.1. The van der Waals surface area contributed by atoms with E-state index < -0.39 is 11.6 Å². The molecule has 1 aromatic heterocycles. The van der Waals surface area contributed by atoms with Crippen LogP contribution in [0.5, 0.6) is 0 Å². The van der Waals surface area contributed by atoms with E-state index in [1.54, 1.807) is 24.3 Å². The molecule has 3 rings (SSSR count). The lowest BCUT2D eigenvalue weighted by molar-refractivity contribution is 0.213. The number of rotatable bonds is 3. The molecule has 5 nitrogen and oxygen atoms in total. The average Bonchev–Trinajstić information content (AvgIpc) is 2.90. The van der Waals surface area contributed by atoms with E-state index in [1.807, 2.05) is 24.3 Å². The van der Waals surface area contributed by atoms with Crippen molar-refractivity contribution in [1.29, 1.82) is 0 Å². The van der Waals surface area contributed by atoms with Gasteiger partial charge >= 0.3 is 6.03 Å². The van der Waals surface area contributed by atoms with Gasteiger partial charge in [0.15, 0.2) is 5.58 Å². The third kappa shape index (κ3) is 2.65. The van der Waals surface area contributed by atoms with Gasteiger partial charge in [-0.1, -0.05) is 48.1 Å². The van der Waals surface area contributed by atoms with E-state index >= 15 is 0 Å². The van der Waals surface area contributed by atoms with E-state index in [-0.39, 0.29) is 0 Å². The van der Waals surface area contributed by atoms with Crippen molar-refractivity contribution in [3.63, 3.8) is 0 Å². The van der Waals surface area contributed by atoms with Crippen molar-refractivity contribution >= 4 is 17.0 Å². The van der Waals surface area contributed by atoms with Crippen molar-refractivity contribution < 1.29 is 9.32 Å². The van der Waals surface area contributed by atoms with E-state index in [0.717, 1.165) is 16.7 Å². The number of hydrogen-bond acceptors (Lipinski definition) is 3. The number of fused-ring (bicyclic) bond motifs is 1. The number of benzene rings is 2. The first-order chi connectivity index (χ1) is 10.7. The molecule has 0 atom stereocenters. The minimum atomic E-state index is -0.567. The van der Waals surface area contributed by atoms with Gasteiger partial charge in [-0.15, -0.1) is 0 Å². The summed E-state index contributed by atoms with van der Waals surface area (Å²) >= 11 is 0. The van der Waals surface area contributed by atoms with E-state index in [4.69, 9.17) is 4.52 Å². The molecule has 2 aromatic carbocycles. The number of amides is 1. The first-order valence-corrected chi connectivity index (χ1v) is 7.16. The van der Waals surface area contributed by atoms with Crippen LogP contribution in [0.2, 0.25) is 0 Å². The van der Waals surface area contributed by atoms with Gasteiger partial charge in [0.25, 0.3) is 5.56 Å². The fourth-order valence-electron chi connectivity index (χ4n) is 2.31. The third-order valence-corrected chi connectivity index (χ3v) is 3.52. The number of para-hydroxylation sites is 1. The summed E-state index contributed by atoms with van der Waals surface area (Å²) in [7, 11) is 0. The van der Waals surface area contributed by atoms with Crippen molar-refractivity contribution in [1.82, 2.24) is 10.1 Å². The Bertz CT molecular complexity index is 877. The number of aromatic nitrogens is 1. The number of aryl methyl sites for hydroxylation is 1. The lowest BCUT2D eigenvalue weighted by Gasteiger charge is -2.05. The van der Waals surface area contributed by atoms with Gasteiger partial charge in [-0.25, -0.2) is 4.79 Å². The summed E-state index contributed by atoms with van der Waals surface area (Å²) in [5.41, 5.74) is 2.13. The Labute approximate surface area is 127 Å². The highest BCUT2D eigenvalue weighted by Gasteiger charge is 2.14. The van der Waals surface area contributed by atoms with Crippen LogP contribution in [-0.4, -0.2) is 10.8 Å². The maximum Gasteiger partial charge on any atom is 0.358 e. The van der Waals surface area contributed by atoms with Gasteiger partial charge in [0, 0.05) is 6.54 Å². The molecule has 0 bridgehead atoms. The van der Waals surface area contributed by atoms with E-state index in [2.05, 4.69) is 12.2 Å². The van der Waals surface area contributed by atoms with Crippen LogP contribution >= 0.6 is 0 Å². The predicted octanol–water partition coefficient (Wildman–Crippen LogP) is 2.91. The molecule has 0 unspecified atom stereocenters. The molecule has 3 aromatic rings. The highest BCUT2D eigenvalue weighted by atomic mass is 16.5. The molecule has 0 saturated carbocycles. The smallest absolute Gasteiger partial charge is 0.358 e. The number of nitrogens with one attached hydrogen (secondary N) is 1. The Hall–Kier alpha value is -2.82. The first-order valence-electron chi connectivity index (χ1n) is 7.16. The molecule has 0 aliphatic carbocycles. The van der Waals surface area contributed by atoms with Crippen LogP contribution in [0.15, 0.2) is 57.8 Å². The van der Waals surface area contributed by atoms with Gasteiger partial charge in [-0.2, -0.15) is 0 Å². The van der Waals surface area contributed by atoms with E-state index in [0.29, 0.717) is 17.5 Å². The summed E-state index contributed by atoms with van der Waals surface area (Å²) in [6.45, 7) is 2.42. The zero-order valence-corrected chi connectivity index (χ0v) is 12.2. The zero-order chi connectivity index (χ0) is 15.5. The topological polar surface area (TPSA) is 64.2 Å². The molecule has 0 aliphatic heterocycles. The van der Waals surface area contributed by atoms with E-state index in [1.165, 1.54) is 5.56 Å². The van der Waals surface area contributed by atoms with Crippen molar-refractivity contribution in [2.24, 2.45) is 0 Å². The maximum absolute atomic E-state index is 12.1. The van der Waals surface area contributed by atoms with Crippen LogP contribution in [0, 0.1) is 0 Å². The summed E-state index contributed by atoms with van der Waals surface area (Å²) in [5, 5.41) is 3.09. The monoisotopic (exact) mass is 296 g/mol. The van der Waals surface area contributed by atoms with Gasteiger partial charge in [-0.05, 0) is 29.7 Å². The Morgan fingerprint density at radius 3 is 2.68 bits per heavy atom. The SMILES string of the molecule is CCc1cccc(CNC(=O)n2oc3ccccc3c2=O)c1. The minimum Gasteiger partial charge on any atom is -0.366 e. The quantitative estimate of drug-likeness (QED) is 0.808. The van der Waals surface area contributed by atoms with Gasteiger partial charge in [0.1, 0.15) is 0 Å². The second-order valence-electron chi connectivity index (χ2n) is 5.02. The van der Waals surface area contributed by atoms with Crippen molar-refractivity contribution in [2.75, 3.05) is 0 Å².